The van der Waals surface area contributed by atoms with Gasteiger partial charge in [0.2, 0.25) is 0 Å². The molecule has 3 nitrogen and oxygen atoms in total. The zero-order chi connectivity index (χ0) is 13.8. The Morgan fingerprint density at radius 3 is 2.16 bits per heavy atom. The third kappa shape index (κ3) is 2.90. The molecule has 92 valence electrons. The van der Waals surface area contributed by atoms with Crippen LogP contribution in [0.2, 0.25) is 0 Å². The van der Waals surface area contributed by atoms with E-state index in [4.69, 9.17) is 10.5 Å². The fraction of sp³-hybridized carbons (Fsp3) is 0. The predicted molar refractivity (Wildman–Crippen MR) is 73.3 cm³/mol. The lowest BCUT2D eigenvalue weighted by Crippen LogP contribution is -1.96. The second kappa shape index (κ2) is 5.51. The second-order valence-electron chi connectivity index (χ2n) is 3.73. The van der Waals surface area contributed by atoms with Crippen LogP contribution in [0.25, 0.3) is 0 Å². The summed E-state index contributed by atoms with van der Waals surface area (Å²) in [7, 11) is 0. The van der Waals surface area contributed by atoms with E-state index < -0.39 is 5.82 Å². The van der Waals surface area contributed by atoms with E-state index in [1.54, 1.807) is 18.2 Å². The van der Waals surface area contributed by atoms with Crippen molar-refractivity contribution in [2.45, 2.75) is 0 Å². The highest BCUT2D eigenvalue weighted by atomic mass is 79.9. The van der Waals surface area contributed by atoms with Crippen LogP contribution in [0.3, 0.4) is 0 Å². The van der Waals surface area contributed by atoms with Gasteiger partial charge in [0.15, 0.2) is 0 Å². The number of nitrogens with one attached hydrogen (secondary N) is 1. The fourth-order valence-electron chi connectivity index (χ4n) is 1.58. The minimum absolute atomic E-state index is 0.187. The van der Waals surface area contributed by atoms with E-state index in [1.807, 2.05) is 6.07 Å². The average Bonchev–Trinajstić information content (AvgIpc) is 2.42. The van der Waals surface area contributed by atoms with Gasteiger partial charge in [-0.3, -0.25) is 0 Å². The Bertz CT molecular complexity index is 652. The number of hydrogen-bond acceptors (Lipinski definition) is 3. The molecule has 0 bridgehead atoms. The van der Waals surface area contributed by atoms with Crippen molar-refractivity contribution in [3.63, 3.8) is 0 Å². The summed E-state index contributed by atoms with van der Waals surface area (Å²) in [5, 5.41) is 21.0. The molecule has 0 saturated heterocycles. The van der Waals surface area contributed by atoms with E-state index in [0.717, 1.165) is 10.5 Å². The number of benzene rings is 2. The molecule has 0 fully saturated rings. The summed E-state index contributed by atoms with van der Waals surface area (Å²) >= 11 is 3.28. The van der Waals surface area contributed by atoms with Crippen LogP contribution >= 0.6 is 15.9 Å². The largest absolute Gasteiger partial charge is 0.353 e. The molecule has 1 N–H and O–H groups in total. The van der Waals surface area contributed by atoms with Crippen molar-refractivity contribution in [2.75, 3.05) is 5.32 Å². The lowest BCUT2D eigenvalue weighted by atomic mass is 10.1. The molecule has 0 aliphatic rings. The normalized spacial score (nSPS) is 9.47. The molecule has 0 aliphatic heterocycles. The van der Waals surface area contributed by atoms with Gasteiger partial charge >= 0.3 is 0 Å². The summed E-state index contributed by atoms with van der Waals surface area (Å²) in [6.07, 6.45) is 0. The van der Waals surface area contributed by atoms with Gasteiger partial charge in [0.25, 0.3) is 0 Å². The molecule has 2 aromatic carbocycles. The van der Waals surface area contributed by atoms with Crippen LogP contribution in [0.1, 0.15) is 11.1 Å². The van der Waals surface area contributed by atoms with E-state index in [2.05, 4.69) is 27.3 Å². The molecule has 0 spiro atoms. The molecule has 2 rings (SSSR count). The van der Waals surface area contributed by atoms with E-state index >= 15 is 0 Å². The van der Waals surface area contributed by atoms with Gasteiger partial charge in [-0.15, -0.1) is 0 Å². The molecular formula is C14H7BrFN3. The van der Waals surface area contributed by atoms with Gasteiger partial charge in [0, 0.05) is 4.47 Å². The molecule has 0 atom stereocenters. The first-order valence-corrected chi connectivity index (χ1v) is 6.09. The van der Waals surface area contributed by atoms with Crippen molar-refractivity contribution in [3.05, 3.63) is 57.8 Å². The smallest absolute Gasteiger partial charge is 0.124 e. The van der Waals surface area contributed by atoms with Crippen molar-refractivity contribution in [1.29, 1.82) is 10.5 Å². The first-order chi connectivity index (χ1) is 9.13. The summed E-state index contributed by atoms with van der Waals surface area (Å²) < 4.78 is 13.8. The van der Waals surface area contributed by atoms with Crippen molar-refractivity contribution in [2.24, 2.45) is 0 Å². The van der Waals surface area contributed by atoms with Gasteiger partial charge in [-0.2, -0.15) is 10.5 Å². The van der Waals surface area contributed by atoms with Crippen LogP contribution in [-0.4, -0.2) is 0 Å². The highest BCUT2D eigenvalue weighted by Crippen LogP contribution is 2.26. The highest BCUT2D eigenvalue weighted by molar-refractivity contribution is 9.10. The molecule has 0 radical (unpaired) electrons. The second-order valence-corrected chi connectivity index (χ2v) is 4.64. The molecule has 0 aromatic heterocycles. The maximum atomic E-state index is 13.0. The van der Waals surface area contributed by atoms with Crippen LogP contribution in [0.4, 0.5) is 15.8 Å². The van der Waals surface area contributed by atoms with Gasteiger partial charge in [0.1, 0.15) is 18.0 Å². The van der Waals surface area contributed by atoms with Gasteiger partial charge in [-0.05, 0) is 36.4 Å². The first kappa shape index (κ1) is 13.1. The standard InChI is InChI=1S/C14H7BrFN3/c15-11-1-3-13(9(5-11)7-17)19-14-4-2-12(16)6-10(14)8-18/h1-6,19H. The Kier molecular flexibility index (Phi) is 3.79. The zero-order valence-corrected chi connectivity index (χ0v) is 11.2. The van der Waals surface area contributed by atoms with Crippen LogP contribution < -0.4 is 5.32 Å². The Balaban J connectivity index is 2.43. The van der Waals surface area contributed by atoms with Crippen molar-refractivity contribution < 1.29 is 4.39 Å². The van der Waals surface area contributed by atoms with Gasteiger partial charge in [-0.1, -0.05) is 15.9 Å². The van der Waals surface area contributed by atoms with E-state index in [1.165, 1.54) is 12.1 Å². The summed E-state index contributed by atoms with van der Waals surface area (Å²) in [6.45, 7) is 0. The first-order valence-electron chi connectivity index (χ1n) is 5.30. The number of hydrogen-bond donors (Lipinski definition) is 1. The van der Waals surface area contributed by atoms with Crippen LogP contribution in [0.5, 0.6) is 0 Å². The summed E-state index contributed by atoms with van der Waals surface area (Å²) in [6, 6.07) is 13.0. The van der Waals surface area contributed by atoms with E-state index in [9.17, 15) is 4.39 Å². The quantitative estimate of drug-likeness (QED) is 0.908. The molecule has 0 unspecified atom stereocenters. The topological polar surface area (TPSA) is 59.6 Å². The summed E-state index contributed by atoms with van der Waals surface area (Å²) in [5.41, 5.74) is 1.64. The highest BCUT2D eigenvalue weighted by Gasteiger charge is 2.07. The van der Waals surface area contributed by atoms with Gasteiger partial charge < -0.3 is 5.32 Å². The lowest BCUT2D eigenvalue weighted by molar-refractivity contribution is 0.627. The molecule has 0 saturated carbocycles. The molecule has 0 aliphatic carbocycles. The summed E-state index contributed by atoms with van der Waals surface area (Å²) in [5.74, 6) is -0.474. The third-order valence-electron chi connectivity index (χ3n) is 2.47. The third-order valence-corrected chi connectivity index (χ3v) is 2.97. The van der Waals surface area contributed by atoms with E-state index in [0.29, 0.717) is 16.9 Å². The number of anilines is 2. The number of halogens is 2. The molecule has 0 heterocycles. The molecule has 0 amide bonds. The Hall–Kier alpha value is -2.37. The Morgan fingerprint density at radius 2 is 1.53 bits per heavy atom. The maximum Gasteiger partial charge on any atom is 0.124 e. The van der Waals surface area contributed by atoms with Crippen LogP contribution in [0.15, 0.2) is 40.9 Å². The zero-order valence-electron chi connectivity index (χ0n) is 9.61. The molecular weight excluding hydrogens is 309 g/mol. The molecule has 2 aromatic rings. The minimum atomic E-state index is -0.474. The average molecular weight is 316 g/mol. The van der Waals surface area contributed by atoms with E-state index in [-0.39, 0.29) is 5.56 Å². The van der Waals surface area contributed by atoms with Crippen molar-refractivity contribution in [1.82, 2.24) is 0 Å². The minimum Gasteiger partial charge on any atom is -0.353 e. The molecule has 19 heavy (non-hydrogen) atoms. The maximum absolute atomic E-state index is 13.0. The summed E-state index contributed by atoms with van der Waals surface area (Å²) in [4.78, 5) is 0. The Labute approximate surface area is 118 Å². The van der Waals surface area contributed by atoms with Gasteiger partial charge in [0.05, 0.1) is 22.5 Å². The molecule has 5 heteroatoms. The van der Waals surface area contributed by atoms with Crippen molar-refractivity contribution >= 4 is 27.3 Å². The van der Waals surface area contributed by atoms with Gasteiger partial charge in [-0.25, -0.2) is 4.39 Å². The van der Waals surface area contributed by atoms with Crippen LogP contribution in [0, 0.1) is 28.5 Å². The Morgan fingerprint density at radius 1 is 0.947 bits per heavy atom. The number of nitriles is 2. The number of rotatable bonds is 2. The monoisotopic (exact) mass is 315 g/mol. The van der Waals surface area contributed by atoms with Crippen molar-refractivity contribution in [3.8, 4) is 12.1 Å². The fourth-order valence-corrected chi connectivity index (χ4v) is 1.94. The van der Waals surface area contributed by atoms with Crippen LogP contribution in [-0.2, 0) is 0 Å². The SMILES string of the molecule is N#Cc1cc(F)ccc1Nc1ccc(Br)cc1C#N. The number of nitrogens with zero attached hydrogens (tertiary/aromatic N) is 2. The predicted octanol–water partition coefficient (Wildman–Crippen LogP) is 4.08. The lowest BCUT2D eigenvalue weighted by Gasteiger charge is -2.10.